The number of methoxy groups -OCH3 is 1. The number of nitrogens with one attached hydrogen (secondary N) is 2. The molecule has 5 aliphatic rings. The quantitative estimate of drug-likeness (QED) is 0.196. The molecule has 2 fully saturated rings. The number of benzene rings is 2. The molecular formula is C44H56ClN9O5S. The molecule has 1 amide bonds. The van der Waals surface area contributed by atoms with E-state index in [1.807, 2.05) is 25.1 Å². The first-order chi connectivity index (χ1) is 29.1. The van der Waals surface area contributed by atoms with Crippen LogP contribution in [0.15, 0.2) is 59.1 Å². The molecule has 6 atom stereocenters. The molecule has 14 nitrogen and oxygen atoms in total. The molecule has 9 rings (SSSR count). The Labute approximate surface area is 357 Å². The highest BCUT2D eigenvalue weighted by Gasteiger charge is 2.44. The molecule has 2 N–H and O–H groups in total. The highest BCUT2D eigenvalue weighted by Crippen LogP contribution is 2.47. The number of fused-ring (bicyclic) bond motifs is 5. The second-order valence-electron chi connectivity index (χ2n) is 17.4. The first-order valence-electron chi connectivity index (χ1n) is 21.4. The van der Waals surface area contributed by atoms with Gasteiger partial charge in [-0.05, 0) is 97.7 Å². The zero-order valence-electron chi connectivity index (χ0n) is 34.8. The number of amides is 1. The van der Waals surface area contributed by atoms with Crippen LogP contribution in [0.1, 0.15) is 60.5 Å². The van der Waals surface area contributed by atoms with Crippen LogP contribution in [0.4, 0.5) is 17.5 Å². The van der Waals surface area contributed by atoms with Crippen LogP contribution < -0.4 is 19.7 Å². The number of hydrogen-bond donors (Lipinski definition) is 2. The van der Waals surface area contributed by atoms with Crippen molar-refractivity contribution in [3.05, 3.63) is 76.5 Å². The SMILES string of the molecule is CO[C@H]1/C=C\C[C@H](C)CS(=O)(Nc2nc(NCCN3CCOCC3)nc3nn(C)cc23)=NC(=O)c2ccc3c(c2)N(C[C@@H]2CC[C@H]21)C[C@@]1(CCCc2cc(Cl)ccc21)CO3. The first kappa shape index (κ1) is 41.1. The number of ether oxygens (including phenoxy) is 3. The third-order valence-corrected chi connectivity index (χ3v) is 15.3. The van der Waals surface area contributed by atoms with Gasteiger partial charge in [0.15, 0.2) is 11.5 Å². The molecule has 2 aliphatic carbocycles. The molecule has 2 aromatic heterocycles. The number of aromatic nitrogens is 4. The predicted molar refractivity (Wildman–Crippen MR) is 236 cm³/mol. The van der Waals surface area contributed by atoms with Crippen molar-refractivity contribution in [2.24, 2.45) is 29.2 Å². The molecule has 1 saturated carbocycles. The molecule has 2 bridgehead atoms. The van der Waals surface area contributed by atoms with E-state index in [1.54, 1.807) is 31.1 Å². The first-order valence-corrected chi connectivity index (χ1v) is 23.5. The lowest BCUT2D eigenvalue weighted by Crippen LogP contribution is -2.49. The summed E-state index contributed by atoms with van der Waals surface area (Å²) in [5.74, 6) is 1.55. The van der Waals surface area contributed by atoms with Crippen molar-refractivity contribution in [3.63, 3.8) is 0 Å². The van der Waals surface area contributed by atoms with Crippen molar-refractivity contribution in [2.75, 3.05) is 86.9 Å². The second-order valence-corrected chi connectivity index (χ2v) is 19.8. The number of aryl methyl sites for hydroxylation is 2. The molecule has 1 saturated heterocycles. The van der Waals surface area contributed by atoms with E-state index in [0.717, 1.165) is 81.3 Å². The van der Waals surface area contributed by atoms with Crippen LogP contribution in [0, 0.1) is 17.8 Å². The summed E-state index contributed by atoms with van der Waals surface area (Å²) in [6.45, 7) is 8.63. The number of halogens is 1. The molecule has 2 aromatic carbocycles. The summed E-state index contributed by atoms with van der Waals surface area (Å²) in [4.78, 5) is 28.7. The average molecular weight is 859 g/mol. The van der Waals surface area contributed by atoms with Gasteiger partial charge >= 0.3 is 0 Å². The van der Waals surface area contributed by atoms with E-state index >= 15 is 4.21 Å². The van der Waals surface area contributed by atoms with Gasteiger partial charge in [0.2, 0.25) is 5.95 Å². The lowest BCUT2D eigenvalue weighted by Gasteiger charge is -2.46. The fourth-order valence-corrected chi connectivity index (χ4v) is 12.0. The summed E-state index contributed by atoms with van der Waals surface area (Å²) in [6.07, 6.45) is 11.9. The van der Waals surface area contributed by atoms with Gasteiger partial charge in [0.1, 0.15) is 15.7 Å². The third kappa shape index (κ3) is 8.61. The van der Waals surface area contributed by atoms with Crippen molar-refractivity contribution in [1.29, 1.82) is 0 Å². The Hall–Kier alpha value is -4.28. The van der Waals surface area contributed by atoms with Gasteiger partial charge < -0.3 is 24.4 Å². The minimum atomic E-state index is -3.46. The van der Waals surface area contributed by atoms with Crippen LogP contribution in [-0.2, 0) is 38.3 Å². The summed E-state index contributed by atoms with van der Waals surface area (Å²) < 4.78 is 43.1. The molecule has 16 heteroatoms. The second kappa shape index (κ2) is 17.2. The maximum atomic E-state index is 15.3. The number of nitrogens with zero attached hydrogens (tertiary/aromatic N) is 7. The van der Waals surface area contributed by atoms with E-state index in [1.165, 1.54) is 11.1 Å². The molecule has 0 radical (unpaired) electrons. The van der Waals surface area contributed by atoms with Gasteiger partial charge in [-0.15, -0.1) is 4.36 Å². The highest BCUT2D eigenvalue weighted by molar-refractivity contribution is 7.95. The minimum absolute atomic E-state index is 0.0489. The van der Waals surface area contributed by atoms with Crippen LogP contribution in [0.3, 0.4) is 0 Å². The Kier molecular flexibility index (Phi) is 11.8. The molecule has 1 spiro atoms. The molecule has 5 heterocycles. The normalized spacial score (nSPS) is 29.1. The number of carbonyl (C=O) groups excluding carboxylic acids is 1. The van der Waals surface area contributed by atoms with E-state index in [2.05, 4.69) is 58.6 Å². The van der Waals surface area contributed by atoms with Crippen molar-refractivity contribution >= 4 is 55.9 Å². The minimum Gasteiger partial charge on any atom is -0.490 e. The Balaban J connectivity index is 1.08. The van der Waals surface area contributed by atoms with E-state index in [4.69, 9.17) is 30.8 Å². The third-order valence-electron chi connectivity index (χ3n) is 13.1. The summed E-state index contributed by atoms with van der Waals surface area (Å²) >= 11 is 6.51. The molecule has 1 unspecified atom stereocenters. The number of morpholine rings is 1. The summed E-state index contributed by atoms with van der Waals surface area (Å²) in [7, 11) is 0.143. The van der Waals surface area contributed by atoms with Crippen molar-refractivity contribution < 1.29 is 23.2 Å². The largest absolute Gasteiger partial charge is 0.490 e. The van der Waals surface area contributed by atoms with Gasteiger partial charge in [-0.25, -0.2) is 4.21 Å². The van der Waals surface area contributed by atoms with Gasteiger partial charge in [-0.2, -0.15) is 15.1 Å². The Morgan fingerprint density at radius 3 is 2.80 bits per heavy atom. The fourth-order valence-electron chi connectivity index (χ4n) is 9.84. The van der Waals surface area contributed by atoms with Gasteiger partial charge in [0, 0.05) is 75.6 Å². The van der Waals surface area contributed by atoms with Crippen LogP contribution in [-0.4, -0.2) is 113 Å². The van der Waals surface area contributed by atoms with Gasteiger partial charge in [0.05, 0.1) is 42.8 Å². The van der Waals surface area contributed by atoms with Gasteiger partial charge in [-0.3, -0.25) is 19.1 Å². The predicted octanol–water partition coefficient (Wildman–Crippen LogP) is 6.51. The van der Waals surface area contributed by atoms with Crippen LogP contribution >= 0.6 is 11.6 Å². The zero-order chi connectivity index (χ0) is 41.4. The maximum Gasteiger partial charge on any atom is 0.286 e. The van der Waals surface area contributed by atoms with Crippen molar-refractivity contribution in [1.82, 2.24) is 24.6 Å². The van der Waals surface area contributed by atoms with Crippen molar-refractivity contribution in [2.45, 2.75) is 57.0 Å². The van der Waals surface area contributed by atoms with E-state index in [0.29, 0.717) is 73.0 Å². The Bertz CT molecular complexity index is 2390. The number of allylic oxidation sites excluding steroid dienone is 1. The smallest absolute Gasteiger partial charge is 0.286 e. The lowest BCUT2D eigenvalue weighted by molar-refractivity contribution is 0.0131. The average Bonchev–Trinajstić information content (AvgIpc) is 3.53. The number of anilines is 3. The number of hydrogen-bond acceptors (Lipinski definition) is 11. The molecule has 60 heavy (non-hydrogen) atoms. The van der Waals surface area contributed by atoms with E-state index in [-0.39, 0.29) is 23.2 Å². The maximum absolute atomic E-state index is 15.3. The molecule has 4 aromatic rings. The summed E-state index contributed by atoms with van der Waals surface area (Å²) in [5, 5.41) is 9.22. The fraction of sp³-hybridized carbons (Fsp3) is 0.545. The van der Waals surface area contributed by atoms with Crippen LogP contribution in [0.25, 0.3) is 11.0 Å². The Morgan fingerprint density at radius 1 is 1.12 bits per heavy atom. The standard InChI is InChI=1S/C44H56ClN9O5S/c1-29-6-4-8-38(57-3)34-12-9-32(34)24-54-27-44(15-5-7-30-22-33(45)11-13-36(30)44)28-59-39-14-10-31(23-37(39)54)42(55)51-60(56,26-29)50-41-35-25-52(2)49-40(35)47-43(48-41)46-16-17-53-18-20-58-21-19-53/h4,8,10-11,13-14,22-23,25,29,32,34,38H,5-7,9,12,15-21,24,26-28H2,1-3H3,(H2,46,47,48,49,50,51,55,56)/b8-4-/t29-,32-,34+,38-,44-,60?/m0/s1. The van der Waals surface area contributed by atoms with Gasteiger partial charge in [-0.1, -0.05) is 36.7 Å². The monoisotopic (exact) mass is 857 g/mol. The zero-order valence-corrected chi connectivity index (χ0v) is 36.3. The number of rotatable bonds is 7. The summed E-state index contributed by atoms with van der Waals surface area (Å²) in [6, 6.07) is 11.8. The van der Waals surface area contributed by atoms with E-state index < -0.39 is 15.8 Å². The molecular weight excluding hydrogens is 802 g/mol. The van der Waals surface area contributed by atoms with Crippen LogP contribution in [0.5, 0.6) is 5.75 Å². The lowest BCUT2D eigenvalue weighted by atomic mass is 9.68. The number of carbonyl (C=O) groups is 1. The van der Waals surface area contributed by atoms with Crippen molar-refractivity contribution in [3.8, 4) is 5.75 Å². The highest BCUT2D eigenvalue weighted by atomic mass is 35.5. The molecule has 3 aliphatic heterocycles. The summed E-state index contributed by atoms with van der Waals surface area (Å²) in [5.41, 5.74) is 3.95. The van der Waals surface area contributed by atoms with E-state index in [9.17, 15) is 4.79 Å². The molecule has 320 valence electrons. The van der Waals surface area contributed by atoms with Gasteiger partial charge in [0.25, 0.3) is 5.91 Å². The van der Waals surface area contributed by atoms with Crippen LogP contribution in [0.2, 0.25) is 5.02 Å². The topological polar surface area (TPSA) is 148 Å². The Morgan fingerprint density at radius 2 is 1.98 bits per heavy atom.